The van der Waals surface area contributed by atoms with Crippen LogP contribution in [0.15, 0.2) is 66.9 Å². The van der Waals surface area contributed by atoms with E-state index in [0.717, 1.165) is 24.9 Å². The first-order valence-corrected chi connectivity index (χ1v) is 18.0. The molecule has 16 heteroatoms. The zero-order valence-electron chi connectivity index (χ0n) is 29.7. The Morgan fingerprint density at radius 3 is 2.58 bits per heavy atom. The number of carbonyl (C=O) groups excluding carboxylic acids is 1. The molecule has 2 aliphatic heterocycles. The van der Waals surface area contributed by atoms with Crippen molar-refractivity contribution in [1.29, 1.82) is 0 Å². The van der Waals surface area contributed by atoms with E-state index in [4.69, 9.17) is 37.4 Å². The Balaban J connectivity index is 1.32. The molecule has 55 heavy (non-hydrogen) atoms. The maximum Gasteiger partial charge on any atom is 0.422 e. The highest BCUT2D eigenvalue weighted by atomic mass is 35.5. The van der Waals surface area contributed by atoms with Crippen molar-refractivity contribution in [2.24, 2.45) is 0 Å². The van der Waals surface area contributed by atoms with Crippen LogP contribution < -0.4 is 14.4 Å². The van der Waals surface area contributed by atoms with E-state index in [1.54, 1.807) is 18.2 Å². The summed E-state index contributed by atoms with van der Waals surface area (Å²) in [4.78, 5) is 36.3. The number of rotatable bonds is 10. The number of ether oxygens (including phenoxy) is 3. The Bertz CT molecular complexity index is 2240. The number of hydrogen-bond acceptors (Lipinski definition) is 9. The number of piperazine rings is 1. The van der Waals surface area contributed by atoms with E-state index in [1.807, 2.05) is 42.3 Å². The third-order valence-corrected chi connectivity index (χ3v) is 10.2. The zero-order chi connectivity index (χ0) is 38.7. The average molecular weight is 778 g/mol. The maximum atomic E-state index is 14.8. The van der Waals surface area contributed by atoms with Gasteiger partial charge in [-0.2, -0.15) is 23.1 Å². The number of aromatic nitrogens is 3. The number of halogens is 5. The summed E-state index contributed by atoms with van der Waals surface area (Å²) in [5.41, 5.74) is 0.977. The van der Waals surface area contributed by atoms with Crippen LogP contribution in [0.3, 0.4) is 0 Å². The molecule has 2 atom stereocenters. The third-order valence-electron chi connectivity index (χ3n) is 9.83. The highest BCUT2D eigenvalue weighted by Gasteiger charge is 2.36. The largest absolute Gasteiger partial charge is 0.480 e. The molecule has 5 aromatic rings. The van der Waals surface area contributed by atoms with Crippen LogP contribution >= 0.6 is 11.6 Å². The van der Waals surface area contributed by atoms with Crippen molar-refractivity contribution in [3.8, 4) is 23.0 Å². The van der Waals surface area contributed by atoms with Crippen molar-refractivity contribution in [3.63, 3.8) is 0 Å². The van der Waals surface area contributed by atoms with E-state index in [2.05, 4.69) is 19.7 Å². The van der Waals surface area contributed by atoms with Gasteiger partial charge in [-0.25, -0.2) is 15.8 Å². The van der Waals surface area contributed by atoms with Gasteiger partial charge in [-0.05, 0) is 43.5 Å². The Kier molecular flexibility index (Phi) is 11.1. The molecule has 0 N–H and O–H groups in total. The number of alkyl halides is 3. The Hall–Kier alpha value is -5.46. The van der Waals surface area contributed by atoms with E-state index in [0.29, 0.717) is 5.39 Å². The van der Waals surface area contributed by atoms with Crippen molar-refractivity contribution in [2.75, 3.05) is 57.9 Å². The van der Waals surface area contributed by atoms with Gasteiger partial charge in [0.25, 0.3) is 0 Å². The molecule has 0 aliphatic carbocycles. The zero-order valence-corrected chi connectivity index (χ0v) is 30.5. The van der Waals surface area contributed by atoms with Gasteiger partial charge in [0.2, 0.25) is 6.54 Å². The van der Waals surface area contributed by atoms with Crippen LogP contribution in [0.4, 0.5) is 28.2 Å². The lowest BCUT2D eigenvalue weighted by Gasteiger charge is -2.39. The summed E-state index contributed by atoms with van der Waals surface area (Å²) in [6.07, 6.45) is -2.03. The summed E-state index contributed by atoms with van der Waals surface area (Å²) in [6, 6.07) is 16.2. The first-order valence-electron chi connectivity index (χ1n) is 17.7. The fraction of sp³-hybridized carbons (Fsp3) is 0.359. The summed E-state index contributed by atoms with van der Waals surface area (Å²) in [5, 5.41) is 0.785. The van der Waals surface area contributed by atoms with Crippen LogP contribution in [-0.4, -0.2) is 102 Å². The molecule has 0 unspecified atom stereocenters. The van der Waals surface area contributed by atoms with Gasteiger partial charge >= 0.3 is 18.3 Å². The van der Waals surface area contributed by atoms with Gasteiger partial charge in [0, 0.05) is 42.8 Å². The van der Waals surface area contributed by atoms with Gasteiger partial charge < -0.3 is 28.9 Å². The maximum absolute atomic E-state index is 14.8. The van der Waals surface area contributed by atoms with Crippen molar-refractivity contribution in [2.45, 2.75) is 37.7 Å². The predicted octanol–water partition coefficient (Wildman–Crippen LogP) is 7.80. The smallest absolute Gasteiger partial charge is 0.422 e. The Morgan fingerprint density at radius 1 is 1.02 bits per heavy atom. The van der Waals surface area contributed by atoms with Crippen LogP contribution in [0.1, 0.15) is 18.4 Å². The van der Waals surface area contributed by atoms with E-state index in [1.165, 1.54) is 23.2 Å². The second-order valence-corrected chi connectivity index (χ2v) is 13.8. The lowest BCUT2D eigenvalue weighted by atomic mass is 10.00. The minimum Gasteiger partial charge on any atom is -0.480 e. The average Bonchev–Trinajstić information content (AvgIpc) is 3.60. The highest BCUT2D eigenvalue weighted by molar-refractivity contribution is 6.37. The van der Waals surface area contributed by atoms with Crippen molar-refractivity contribution < 1.29 is 36.6 Å². The number of nitrogens with zero attached hydrogens (tertiary/aromatic N) is 7. The third kappa shape index (κ3) is 8.30. The van der Waals surface area contributed by atoms with E-state index in [-0.39, 0.29) is 95.6 Å². The minimum atomic E-state index is -4.73. The van der Waals surface area contributed by atoms with E-state index in [9.17, 15) is 22.4 Å². The molecule has 0 bridgehead atoms. The van der Waals surface area contributed by atoms with Crippen LogP contribution in [0.25, 0.3) is 37.8 Å². The molecule has 11 nitrogen and oxygen atoms in total. The van der Waals surface area contributed by atoms with Crippen LogP contribution in [0.2, 0.25) is 5.02 Å². The molecule has 286 valence electrons. The SMILES string of the molecule is [C-]#[N+]C[C@H]1CN(c2nc(OC[C@@H]3CCCN3C)nc3c(OCC(F)(F)F)c(-c4cccc5ccc(F)c(Cl)c45)ncc23)CCN1C(=O)OCc1ccccc1. The second-order valence-electron chi connectivity index (χ2n) is 13.5. The molecule has 2 saturated heterocycles. The Morgan fingerprint density at radius 2 is 1.84 bits per heavy atom. The fourth-order valence-electron chi connectivity index (χ4n) is 7.04. The van der Waals surface area contributed by atoms with Gasteiger partial charge in [-0.15, -0.1) is 0 Å². The number of likely N-dealkylation sites (tertiary alicyclic amines) is 1. The second kappa shape index (κ2) is 16.1. The normalized spacial score (nSPS) is 17.8. The minimum absolute atomic E-state index is 0.0232. The molecule has 1 amide bonds. The number of amides is 1. The highest BCUT2D eigenvalue weighted by Crippen LogP contribution is 2.43. The number of anilines is 1. The molecule has 2 aliphatic rings. The van der Waals surface area contributed by atoms with Gasteiger partial charge in [-0.1, -0.05) is 66.2 Å². The Labute approximate surface area is 319 Å². The summed E-state index contributed by atoms with van der Waals surface area (Å²) in [5.74, 6) is -0.769. The number of likely N-dealkylation sites (N-methyl/N-ethyl adjacent to an activating group) is 1. The molecule has 0 radical (unpaired) electrons. The summed E-state index contributed by atoms with van der Waals surface area (Å²) < 4.78 is 73.6. The molecular weight excluding hydrogens is 742 g/mol. The molecule has 0 spiro atoms. The lowest BCUT2D eigenvalue weighted by molar-refractivity contribution is -0.153. The van der Waals surface area contributed by atoms with Crippen molar-refractivity contribution in [1.82, 2.24) is 24.8 Å². The molecule has 3 aromatic carbocycles. The lowest BCUT2D eigenvalue weighted by Crippen LogP contribution is -2.56. The van der Waals surface area contributed by atoms with Crippen molar-refractivity contribution in [3.05, 3.63) is 94.7 Å². The summed E-state index contributed by atoms with van der Waals surface area (Å²) in [6.45, 7) is 7.61. The fourth-order valence-corrected chi connectivity index (χ4v) is 7.31. The summed E-state index contributed by atoms with van der Waals surface area (Å²) in [7, 11) is 1.98. The van der Waals surface area contributed by atoms with Gasteiger partial charge in [0.15, 0.2) is 12.4 Å². The predicted molar refractivity (Wildman–Crippen MR) is 199 cm³/mol. The molecule has 2 aromatic heterocycles. The first kappa shape index (κ1) is 37.8. The number of fused-ring (bicyclic) bond motifs is 2. The van der Waals surface area contributed by atoms with E-state index >= 15 is 0 Å². The molecular formula is C39H36ClF4N7O4. The number of hydrogen-bond donors (Lipinski definition) is 0. The molecule has 7 rings (SSSR count). The van der Waals surface area contributed by atoms with Crippen molar-refractivity contribution >= 4 is 45.2 Å². The van der Waals surface area contributed by atoms with Gasteiger partial charge in [0.1, 0.15) is 42.1 Å². The van der Waals surface area contributed by atoms with Crippen LogP contribution in [0.5, 0.6) is 11.8 Å². The number of benzene rings is 3. The first-order chi connectivity index (χ1) is 26.5. The summed E-state index contributed by atoms with van der Waals surface area (Å²) >= 11 is 6.46. The van der Waals surface area contributed by atoms with Crippen LogP contribution in [-0.2, 0) is 11.3 Å². The standard InChI is InChI=1S/C39H36ClF4N7O4/c1-45-18-27-20-50(16-17-51(27)38(52)54-21-24-8-4-3-5-9-24)36-29-19-46-33(28-12-6-10-25-13-14-30(41)32(40)31(25)28)35(55-23-39(42,43)44)34(29)47-37(48-36)53-22-26-11-7-15-49(26)2/h3-6,8-10,12-14,19,26-27H,7,11,15-18,20-23H2,2H3/t26-,27-/m0/s1. The van der Waals surface area contributed by atoms with E-state index < -0.39 is 30.7 Å². The van der Waals surface area contributed by atoms with Gasteiger partial charge in [0.05, 0.1) is 10.4 Å². The monoisotopic (exact) mass is 777 g/mol. The topological polar surface area (TPSA) is 97.5 Å². The molecule has 2 fully saturated rings. The number of carbonyl (C=O) groups is 1. The number of pyridine rings is 1. The van der Waals surface area contributed by atoms with Gasteiger partial charge in [-0.3, -0.25) is 9.88 Å². The quantitative estimate of drug-likeness (QED) is 0.104. The van der Waals surface area contributed by atoms with Crippen LogP contribution in [0, 0.1) is 12.4 Å². The molecule has 0 saturated carbocycles. The molecule has 4 heterocycles.